The predicted molar refractivity (Wildman–Crippen MR) is 20.2 cm³/mol. The smallest absolute Gasteiger partial charge is 0.394 e. The van der Waals surface area contributed by atoms with Crippen LogP contribution in [0.15, 0.2) is 0 Å². The van der Waals surface area contributed by atoms with E-state index < -0.39 is 16.9 Å². The van der Waals surface area contributed by atoms with Crippen molar-refractivity contribution in [3.63, 3.8) is 0 Å². The lowest BCUT2D eigenvalue weighted by molar-refractivity contribution is -0.283. The Bertz CT molecular complexity index is 123. The van der Waals surface area contributed by atoms with Crippen molar-refractivity contribution in [1.29, 1.82) is 0 Å². The third-order valence-corrected chi connectivity index (χ3v) is 0. The highest BCUT2D eigenvalue weighted by molar-refractivity contribution is 7.79. The van der Waals surface area contributed by atoms with Gasteiger partial charge in [0.1, 0.15) is 0 Å². The first kappa shape index (κ1) is 10.3. The molecule has 0 heterocycles. The SMILES string of the molecule is O=C[O-].O=S(=O)(O)O. The van der Waals surface area contributed by atoms with E-state index in [0.717, 1.165) is 0 Å². The molecule has 50 valence electrons. The van der Waals surface area contributed by atoms with Gasteiger partial charge in [-0.25, -0.2) is 0 Å². The molecule has 0 spiro atoms. The zero-order chi connectivity index (χ0) is 7.21. The van der Waals surface area contributed by atoms with Crippen molar-refractivity contribution in [1.82, 2.24) is 0 Å². The van der Waals surface area contributed by atoms with Crippen molar-refractivity contribution in [3.05, 3.63) is 0 Å². The molecule has 0 aliphatic heterocycles. The third-order valence-electron chi connectivity index (χ3n) is 0. The minimum Gasteiger partial charge on any atom is -0.554 e. The number of hydrogen-bond acceptors (Lipinski definition) is 4. The molecule has 0 aromatic carbocycles. The second kappa shape index (κ2) is 4.50. The molecule has 8 heavy (non-hydrogen) atoms. The molecule has 2 N–H and O–H groups in total. The van der Waals surface area contributed by atoms with Crippen LogP contribution in [0.3, 0.4) is 0 Å². The van der Waals surface area contributed by atoms with Gasteiger partial charge in [0.2, 0.25) is 0 Å². The van der Waals surface area contributed by atoms with Crippen LogP contribution in [0, 0.1) is 0 Å². The number of rotatable bonds is 0. The number of carbonyl (C=O) groups excluding carboxylic acids is 1. The standard InChI is InChI=1S/CH2O2.H2O4S/c2-1-3;1-5(2,3)4/h1H,(H,2,3);(H2,1,2,3,4)/p-1. The predicted octanol–water partition coefficient (Wildman–Crippen LogP) is -2.29. The van der Waals surface area contributed by atoms with Gasteiger partial charge in [0.15, 0.2) is 0 Å². The number of hydrogen-bond donors (Lipinski definition) is 2. The highest BCUT2D eigenvalue weighted by Gasteiger charge is 1.84. The van der Waals surface area contributed by atoms with E-state index in [4.69, 9.17) is 27.4 Å². The van der Waals surface area contributed by atoms with E-state index in [2.05, 4.69) is 0 Å². The van der Waals surface area contributed by atoms with Gasteiger partial charge in [-0.3, -0.25) is 9.11 Å². The van der Waals surface area contributed by atoms with Crippen molar-refractivity contribution in [2.75, 3.05) is 0 Å². The Balaban J connectivity index is 0. The summed E-state index contributed by atoms with van der Waals surface area (Å²) in [6, 6.07) is 0. The zero-order valence-electron chi connectivity index (χ0n) is 3.51. The molecule has 0 saturated heterocycles. The van der Waals surface area contributed by atoms with E-state index in [1.807, 2.05) is 0 Å². The van der Waals surface area contributed by atoms with E-state index in [1.54, 1.807) is 0 Å². The van der Waals surface area contributed by atoms with Gasteiger partial charge in [-0.2, -0.15) is 8.42 Å². The highest BCUT2D eigenvalue weighted by atomic mass is 32.3. The number of carboxylic acid groups (broad SMARTS) is 1. The summed E-state index contributed by atoms with van der Waals surface area (Å²) < 4.78 is 31.6. The first-order valence-electron chi connectivity index (χ1n) is 1.17. The lowest BCUT2D eigenvalue weighted by atomic mass is 11.7. The molecule has 0 aliphatic carbocycles. The Kier molecular flexibility index (Phi) is 5.82. The minimum absolute atomic E-state index is 0.500. The van der Waals surface area contributed by atoms with Crippen LogP contribution in [0.2, 0.25) is 0 Å². The van der Waals surface area contributed by atoms with Crippen LogP contribution >= 0.6 is 0 Å². The van der Waals surface area contributed by atoms with Crippen LogP contribution in [0.1, 0.15) is 0 Å². The Morgan fingerprint density at radius 1 is 1.38 bits per heavy atom. The number of carbonyl (C=O) groups is 1. The summed E-state index contributed by atoms with van der Waals surface area (Å²) in [5.41, 5.74) is 0. The molecule has 0 unspecified atom stereocenters. The van der Waals surface area contributed by atoms with Gasteiger partial charge in [0, 0.05) is 6.47 Å². The monoisotopic (exact) mass is 143 g/mol. The van der Waals surface area contributed by atoms with Crippen LogP contribution in [0.4, 0.5) is 0 Å². The van der Waals surface area contributed by atoms with Crippen molar-refractivity contribution >= 4 is 16.9 Å². The average Bonchev–Trinajstić information content (AvgIpc) is 1.27. The molecule has 0 rings (SSSR count). The molecular weight excluding hydrogens is 140 g/mol. The molecule has 0 bridgehead atoms. The quantitative estimate of drug-likeness (QED) is 0.291. The summed E-state index contributed by atoms with van der Waals surface area (Å²) in [6.07, 6.45) is 0. The molecule has 0 saturated carbocycles. The second-order valence-corrected chi connectivity index (χ2v) is 1.44. The molecule has 0 aromatic heterocycles. The molecule has 0 aliphatic rings. The molecular formula is CH3O6S-. The fraction of sp³-hybridized carbons (Fsp3) is 0. The van der Waals surface area contributed by atoms with Crippen molar-refractivity contribution in [3.8, 4) is 0 Å². The van der Waals surface area contributed by atoms with E-state index in [-0.39, 0.29) is 0 Å². The summed E-state index contributed by atoms with van der Waals surface area (Å²) in [5, 5.41) is 8.25. The van der Waals surface area contributed by atoms with Crippen LogP contribution < -0.4 is 5.11 Å². The Hall–Kier alpha value is -0.660. The first-order valence-corrected chi connectivity index (χ1v) is 2.57. The van der Waals surface area contributed by atoms with Gasteiger partial charge in [-0.05, 0) is 0 Å². The first-order chi connectivity index (χ1) is 3.41. The molecule has 0 aromatic rings. The second-order valence-electron chi connectivity index (χ2n) is 0.544. The van der Waals surface area contributed by atoms with E-state index in [9.17, 15) is 0 Å². The fourth-order valence-corrected chi connectivity index (χ4v) is 0. The summed E-state index contributed by atoms with van der Waals surface area (Å²) in [4.78, 5) is 8.25. The summed E-state index contributed by atoms with van der Waals surface area (Å²) in [5.74, 6) is 0. The van der Waals surface area contributed by atoms with Crippen LogP contribution in [0.25, 0.3) is 0 Å². The maximum Gasteiger partial charge on any atom is 0.394 e. The molecule has 0 fully saturated rings. The van der Waals surface area contributed by atoms with Gasteiger partial charge in [0.05, 0.1) is 0 Å². The van der Waals surface area contributed by atoms with Gasteiger partial charge >= 0.3 is 10.4 Å². The third kappa shape index (κ3) is 231. The van der Waals surface area contributed by atoms with Crippen molar-refractivity contribution < 1.29 is 27.4 Å². The Labute approximate surface area is 45.3 Å². The summed E-state index contributed by atoms with van der Waals surface area (Å²) >= 11 is 0. The topological polar surface area (TPSA) is 115 Å². The largest absolute Gasteiger partial charge is 0.554 e. The maximum atomic E-state index is 8.74. The lowest BCUT2D eigenvalue weighted by Gasteiger charge is -1.68. The average molecular weight is 143 g/mol. The fourth-order valence-electron chi connectivity index (χ4n) is 0. The molecule has 7 heteroatoms. The Morgan fingerprint density at radius 2 is 1.38 bits per heavy atom. The molecule has 0 amide bonds. The van der Waals surface area contributed by atoms with Gasteiger partial charge in [0.25, 0.3) is 0 Å². The van der Waals surface area contributed by atoms with Crippen molar-refractivity contribution in [2.45, 2.75) is 0 Å². The summed E-state index contributed by atoms with van der Waals surface area (Å²) in [6.45, 7) is -0.500. The van der Waals surface area contributed by atoms with Gasteiger partial charge < -0.3 is 9.90 Å². The van der Waals surface area contributed by atoms with Crippen LogP contribution in [-0.4, -0.2) is 24.0 Å². The molecule has 0 radical (unpaired) electrons. The summed E-state index contributed by atoms with van der Waals surface area (Å²) in [7, 11) is -4.67. The van der Waals surface area contributed by atoms with Gasteiger partial charge in [-0.15, -0.1) is 0 Å². The van der Waals surface area contributed by atoms with Crippen molar-refractivity contribution in [2.24, 2.45) is 0 Å². The Morgan fingerprint density at radius 3 is 1.38 bits per heavy atom. The zero-order valence-corrected chi connectivity index (χ0v) is 4.33. The highest BCUT2D eigenvalue weighted by Crippen LogP contribution is 1.59. The van der Waals surface area contributed by atoms with Crippen LogP contribution in [0.5, 0.6) is 0 Å². The van der Waals surface area contributed by atoms with Crippen LogP contribution in [-0.2, 0) is 15.2 Å². The van der Waals surface area contributed by atoms with E-state index >= 15 is 0 Å². The maximum absolute atomic E-state index is 8.74. The van der Waals surface area contributed by atoms with E-state index in [0.29, 0.717) is 0 Å². The molecule has 6 nitrogen and oxygen atoms in total. The lowest BCUT2D eigenvalue weighted by Crippen LogP contribution is -2.01. The normalized spacial score (nSPS) is 8.75. The van der Waals surface area contributed by atoms with E-state index in [1.165, 1.54) is 0 Å². The minimum atomic E-state index is -4.67. The molecule has 0 atom stereocenters. The van der Waals surface area contributed by atoms with Gasteiger partial charge in [-0.1, -0.05) is 0 Å².